The summed E-state index contributed by atoms with van der Waals surface area (Å²) in [7, 11) is 0. The lowest BCUT2D eigenvalue weighted by atomic mass is 9.92. The number of aryl methyl sites for hydroxylation is 3. The summed E-state index contributed by atoms with van der Waals surface area (Å²) in [5.74, 6) is 0.138. The Morgan fingerprint density at radius 1 is 1.12 bits per heavy atom. The normalized spacial score (nSPS) is 20.9. The van der Waals surface area contributed by atoms with Gasteiger partial charge in [0.2, 0.25) is 5.91 Å². The lowest BCUT2D eigenvalue weighted by Gasteiger charge is -2.20. The summed E-state index contributed by atoms with van der Waals surface area (Å²) < 4.78 is 0. The van der Waals surface area contributed by atoms with Gasteiger partial charge in [-0.25, -0.2) is 0 Å². The van der Waals surface area contributed by atoms with Crippen molar-refractivity contribution in [3.8, 4) is 0 Å². The summed E-state index contributed by atoms with van der Waals surface area (Å²) in [6.07, 6.45) is 0.532. The third-order valence-electron chi connectivity index (χ3n) is 3.31. The van der Waals surface area contributed by atoms with E-state index in [1.54, 1.807) is 0 Å². The van der Waals surface area contributed by atoms with Crippen molar-refractivity contribution < 1.29 is 4.79 Å². The number of carbonyl (C=O) groups excluding carboxylic acids is 1. The Kier molecular flexibility index (Phi) is 3.48. The van der Waals surface area contributed by atoms with Crippen LogP contribution in [0.15, 0.2) is 12.1 Å². The minimum absolute atomic E-state index is 0.138. The largest absolute Gasteiger partial charge is 0.355 e. The number of benzene rings is 1. The average molecular weight is 232 g/mol. The topological polar surface area (TPSA) is 41.1 Å². The van der Waals surface area contributed by atoms with E-state index in [1.165, 1.54) is 22.3 Å². The quantitative estimate of drug-likeness (QED) is 0.774. The second-order valence-electron chi connectivity index (χ2n) is 4.87. The maximum Gasteiger partial charge on any atom is 0.221 e. The van der Waals surface area contributed by atoms with Gasteiger partial charge >= 0.3 is 0 Å². The van der Waals surface area contributed by atoms with Crippen molar-refractivity contribution in [3.05, 3.63) is 34.4 Å². The van der Waals surface area contributed by atoms with Gasteiger partial charge in [0.15, 0.2) is 0 Å². The first-order valence-corrected chi connectivity index (χ1v) is 6.16. The Morgan fingerprint density at radius 3 is 2.41 bits per heavy atom. The van der Waals surface area contributed by atoms with Gasteiger partial charge in [0.1, 0.15) is 0 Å². The second-order valence-corrected chi connectivity index (χ2v) is 4.87. The fourth-order valence-corrected chi connectivity index (χ4v) is 2.72. The van der Waals surface area contributed by atoms with Crippen LogP contribution in [0.2, 0.25) is 0 Å². The van der Waals surface area contributed by atoms with Gasteiger partial charge in [-0.2, -0.15) is 0 Å². The first-order valence-electron chi connectivity index (χ1n) is 6.16. The molecule has 1 saturated heterocycles. The number of rotatable bonds is 1. The monoisotopic (exact) mass is 232 g/mol. The highest BCUT2D eigenvalue weighted by Crippen LogP contribution is 2.26. The molecule has 0 radical (unpaired) electrons. The molecule has 1 heterocycles. The lowest BCUT2D eigenvalue weighted by Crippen LogP contribution is -2.25. The molecular formula is C14H20N2O. The molecule has 2 N–H and O–H groups in total. The predicted molar refractivity (Wildman–Crippen MR) is 69.0 cm³/mol. The van der Waals surface area contributed by atoms with Gasteiger partial charge in [-0.15, -0.1) is 0 Å². The van der Waals surface area contributed by atoms with Crippen LogP contribution in [0.25, 0.3) is 0 Å². The molecule has 0 spiro atoms. The summed E-state index contributed by atoms with van der Waals surface area (Å²) in [6, 6.07) is 4.53. The molecule has 1 aliphatic rings. The lowest BCUT2D eigenvalue weighted by molar-refractivity contribution is -0.121. The maximum absolute atomic E-state index is 11.6. The minimum atomic E-state index is 0.138. The highest BCUT2D eigenvalue weighted by molar-refractivity contribution is 5.77. The Labute approximate surface area is 103 Å². The standard InChI is InChI=1S/C14H20N2O/c1-9-6-10(2)14(11(3)7-9)12-8-13(17)16-5-4-15-12/h6-7,12,15H,4-5,8H2,1-3H3,(H,16,17). The van der Waals surface area contributed by atoms with Crippen LogP contribution < -0.4 is 10.6 Å². The molecule has 0 saturated carbocycles. The van der Waals surface area contributed by atoms with Crippen molar-refractivity contribution in [2.45, 2.75) is 33.2 Å². The zero-order chi connectivity index (χ0) is 12.4. The van der Waals surface area contributed by atoms with E-state index in [0.717, 1.165) is 13.1 Å². The highest BCUT2D eigenvalue weighted by Gasteiger charge is 2.21. The van der Waals surface area contributed by atoms with Gasteiger partial charge in [0.05, 0.1) is 0 Å². The number of hydrogen-bond donors (Lipinski definition) is 2. The van der Waals surface area contributed by atoms with Crippen molar-refractivity contribution in [3.63, 3.8) is 0 Å². The molecule has 0 bridgehead atoms. The SMILES string of the molecule is Cc1cc(C)c(C2CC(=O)NCCN2)c(C)c1. The van der Waals surface area contributed by atoms with E-state index in [2.05, 4.69) is 43.5 Å². The maximum atomic E-state index is 11.6. The van der Waals surface area contributed by atoms with E-state index in [1.807, 2.05) is 0 Å². The Balaban J connectivity index is 2.35. The van der Waals surface area contributed by atoms with E-state index in [0.29, 0.717) is 6.42 Å². The molecule has 1 aromatic carbocycles. The van der Waals surface area contributed by atoms with Gasteiger partial charge in [-0.05, 0) is 37.5 Å². The van der Waals surface area contributed by atoms with E-state index >= 15 is 0 Å². The van der Waals surface area contributed by atoms with Gasteiger partial charge < -0.3 is 10.6 Å². The Hall–Kier alpha value is -1.35. The van der Waals surface area contributed by atoms with E-state index < -0.39 is 0 Å². The summed E-state index contributed by atoms with van der Waals surface area (Å²) in [5.41, 5.74) is 5.11. The van der Waals surface area contributed by atoms with Crippen LogP contribution in [0, 0.1) is 20.8 Å². The van der Waals surface area contributed by atoms with E-state index in [4.69, 9.17) is 0 Å². The van der Waals surface area contributed by atoms with E-state index in [-0.39, 0.29) is 11.9 Å². The molecule has 3 heteroatoms. The smallest absolute Gasteiger partial charge is 0.221 e. The second kappa shape index (κ2) is 4.88. The zero-order valence-electron chi connectivity index (χ0n) is 10.8. The van der Waals surface area contributed by atoms with Crippen LogP contribution in [-0.4, -0.2) is 19.0 Å². The third-order valence-corrected chi connectivity index (χ3v) is 3.31. The molecule has 0 aliphatic carbocycles. The van der Waals surface area contributed by atoms with Crippen LogP contribution in [0.1, 0.15) is 34.7 Å². The predicted octanol–water partition coefficient (Wildman–Crippen LogP) is 1.76. The Morgan fingerprint density at radius 2 is 1.76 bits per heavy atom. The number of carbonyl (C=O) groups is 1. The van der Waals surface area contributed by atoms with Crippen LogP contribution in [0.5, 0.6) is 0 Å². The van der Waals surface area contributed by atoms with Gasteiger partial charge in [-0.3, -0.25) is 4.79 Å². The van der Waals surface area contributed by atoms with Gasteiger partial charge in [0, 0.05) is 25.6 Å². The van der Waals surface area contributed by atoms with Crippen LogP contribution in [0.3, 0.4) is 0 Å². The fourth-order valence-electron chi connectivity index (χ4n) is 2.72. The molecule has 0 aromatic heterocycles. The molecule has 1 aliphatic heterocycles. The Bertz CT molecular complexity index is 417. The molecule has 3 nitrogen and oxygen atoms in total. The molecule has 92 valence electrons. The first kappa shape index (κ1) is 12.1. The van der Waals surface area contributed by atoms with Crippen LogP contribution >= 0.6 is 0 Å². The van der Waals surface area contributed by atoms with Crippen molar-refractivity contribution in [2.75, 3.05) is 13.1 Å². The summed E-state index contributed by atoms with van der Waals surface area (Å²) in [4.78, 5) is 11.6. The third kappa shape index (κ3) is 2.67. The summed E-state index contributed by atoms with van der Waals surface area (Å²) in [5, 5.41) is 6.34. The minimum Gasteiger partial charge on any atom is -0.355 e. The van der Waals surface area contributed by atoms with Crippen LogP contribution in [-0.2, 0) is 4.79 Å². The molecule has 1 amide bonds. The summed E-state index contributed by atoms with van der Waals surface area (Å²) in [6.45, 7) is 7.92. The van der Waals surface area contributed by atoms with Crippen molar-refractivity contribution in [1.29, 1.82) is 0 Å². The number of hydrogen-bond acceptors (Lipinski definition) is 2. The zero-order valence-corrected chi connectivity index (χ0v) is 10.8. The average Bonchev–Trinajstić information content (AvgIpc) is 2.41. The molecule has 1 unspecified atom stereocenters. The molecule has 1 aromatic rings. The van der Waals surface area contributed by atoms with Crippen LogP contribution in [0.4, 0.5) is 0 Å². The van der Waals surface area contributed by atoms with Crippen molar-refractivity contribution >= 4 is 5.91 Å². The van der Waals surface area contributed by atoms with Gasteiger partial charge in [-0.1, -0.05) is 17.7 Å². The fraction of sp³-hybridized carbons (Fsp3) is 0.500. The van der Waals surface area contributed by atoms with E-state index in [9.17, 15) is 4.79 Å². The summed E-state index contributed by atoms with van der Waals surface area (Å²) >= 11 is 0. The highest BCUT2D eigenvalue weighted by atomic mass is 16.1. The van der Waals surface area contributed by atoms with Gasteiger partial charge in [0.25, 0.3) is 0 Å². The number of amides is 1. The van der Waals surface area contributed by atoms with Crippen molar-refractivity contribution in [2.24, 2.45) is 0 Å². The molecular weight excluding hydrogens is 212 g/mol. The molecule has 1 atom stereocenters. The molecule has 2 rings (SSSR count). The number of nitrogens with one attached hydrogen (secondary N) is 2. The molecule has 1 fully saturated rings. The molecule has 17 heavy (non-hydrogen) atoms. The first-order chi connectivity index (χ1) is 8.08. The van der Waals surface area contributed by atoms with Crippen molar-refractivity contribution in [1.82, 2.24) is 10.6 Å².